The third kappa shape index (κ3) is 2.86. The minimum atomic E-state index is -1.16. The van der Waals surface area contributed by atoms with Gasteiger partial charge in [-0.05, 0) is 12.8 Å². The van der Waals surface area contributed by atoms with Gasteiger partial charge in [0.2, 0.25) is 0 Å². The first kappa shape index (κ1) is 12.6. The predicted molar refractivity (Wildman–Crippen MR) is 59.2 cm³/mol. The Kier molecular flexibility index (Phi) is 3.61. The number of hydrogen-bond acceptors (Lipinski definition) is 5. The number of carboxylic acid groups (broad SMARTS) is 1. The number of rotatable bonds is 6. The van der Waals surface area contributed by atoms with Gasteiger partial charge in [0.25, 0.3) is 5.91 Å². The Hall–Kier alpha value is -1.89. The lowest BCUT2D eigenvalue weighted by molar-refractivity contribution is -0.140. The smallest absolute Gasteiger partial charge is 0.328 e. The van der Waals surface area contributed by atoms with E-state index in [-0.39, 0.29) is 12.3 Å². The highest BCUT2D eigenvalue weighted by Gasteiger charge is 2.29. The van der Waals surface area contributed by atoms with Gasteiger partial charge >= 0.3 is 5.97 Å². The van der Waals surface area contributed by atoms with Gasteiger partial charge in [0.15, 0.2) is 11.7 Å². The highest BCUT2D eigenvalue weighted by Crippen LogP contribution is 2.40. The molecule has 0 aliphatic heterocycles. The van der Waals surface area contributed by atoms with Crippen LogP contribution in [-0.2, 0) is 9.53 Å². The molecule has 1 aromatic rings. The van der Waals surface area contributed by atoms with Crippen LogP contribution in [-0.4, -0.2) is 41.9 Å². The van der Waals surface area contributed by atoms with Gasteiger partial charge in [-0.1, -0.05) is 5.16 Å². The van der Waals surface area contributed by atoms with E-state index in [2.05, 4.69) is 10.5 Å². The van der Waals surface area contributed by atoms with Crippen molar-refractivity contribution in [3.63, 3.8) is 0 Å². The fourth-order valence-electron chi connectivity index (χ4n) is 1.53. The molecule has 7 heteroatoms. The fourth-order valence-corrected chi connectivity index (χ4v) is 1.53. The molecule has 0 spiro atoms. The average Bonchev–Trinajstić information content (AvgIpc) is 3.06. The predicted octanol–water partition coefficient (Wildman–Crippen LogP) is 0.381. The van der Waals surface area contributed by atoms with Gasteiger partial charge in [0.1, 0.15) is 5.76 Å². The summed E-state index contributed by atoms with van der Waals surface area (Å²) in [5.74, 6) is -0.696. The van der Waals surface area contributed by atoms with Gasteiger partial charge in [-0.15, -0.1) is 0 Å². The number of nitrogens with one attached hydrogen (secondary N) is 1. The van der Waals surface area contributed by atoms with Crippen molar-refractivity contribution in [2.75, 3.05) is 13.7 Å². The third-order valence-corrected chi connectivity index (χ3v) is 2.68. The van der Waals surface area contributed by atoms with Crippen LogP contribution in [0, 0.1) is 0 Å². The molecule has 7 nitrogen and oxygen atoms in total. The Labute approximate surface area is 103 Å². The van der Waals surface area contributed by atoms with Crippen molar-refractivity contribution in [1.82, 2.24) is 10.5 Å². The van der Waals surface area contributed by atoms with Gasteiger partial charge in [-0.3, -0.25) is 4.79 Å². The van der Waals surface area contributed by atoms with Crippen LogP contribution >= 0.6 is 0 Å². The highest BCUT2D eigenvalue weighted by atomic mass is 16.5. The Morgan fingerprint density at radius 3 is 2.94 bits per heavy atom. The van der Waals surface area contributed by atoms with Crippen LogP contribution < -0.4 is 5.32 Å². The number of hydrogen-bond donors (Lipinski definition) is 2. The Bertz CT molecular complexity index is 452. The second-order valence-electron chi connectivity index (χ2n) is 4.21. The van der Waals surface area contributed by atoms with Crippen molar-refractivity contribution in [1.29, 1.82) is 0 Å². The Morgan fingerprint density at radius 1 is 1.67 bits per heavy atom. The molecule has 1 fully saturated rings. The minimum Gasteiger partial charge on any atom is -0.480 e. The summed E-state index contributed by atoms with van der Waals surface area (Å²) in [6, 6.07) is 0.460. The number of ether oxygens (including phenoxy) is 1. The van der Waals surface area contributed by atoms with E-state index in [1.54, 1.807) is 6.07 Å². The van der Waals surface area contributed by atoms with Crippen molar-refractivity contribution in [2.45, 2.75) is 24.8 Å². The Balaban J connectivity index is 1.98. The third-order valence-electron chi connectivity index (χ3n) is 2.68. The number of nitrogens with zero attached hydrogens (tertiary/aromatic N) is 1. The molecule has 1 unspecified atom stereocenters. The van der Waals surface area contributed by atoms with E-state index >= 15 is 0 Å². The van der Waals surface area contributed by atoms with E-state index in [4.69, 9.17) is 14.4 Å². The monoisotopic (exact) mass is 254 g/mol. The molecule has 0 radical (unpaired) electrons. The minimum absolute atomic E-state index is 0.0965. The van der Waals surface area contributed by atoms with Crippen LogP contribution in [0.3, 0.4) is 0 Å². The first-order chi connectivity index (χ1) is 8.61. The molecule has 18 heavy (non-hydrogen) atoms. The standard InChI is InChI=1S/C11H14N2O5/c1-17-5-8(11(15)16)12-10(14)7-4-9(18-13-7)6-2-3-6/h4,6,8H,2-3,5H2,1H3,(H,12,14)(H,15,16). The molecule has 0 aromatic carbocycles. The van der Waals surface area contributed by atoms with Gasteiger partial charge in [0, 0.05) is 19.1 Å². The number of carbonyl (C=O) groups is 2. The van der Waals surface area contributed by atoms with Gasteiger partial charge in [-0.25, -0.2) is 4.79 Å². The topological polar surface area (TPSA) is 102 Å². The molecule has 2 rings (SSSR count). The van der Waals surface area contributed by atoms with Crippen molar-refractivity contribution < 1.29 is 24.0 Å². The number of carbonyl (C=O) groups excluding carboxylic acids is 1. The van der Waals surface area contributed by atoms with Crippen LogP contribution in [0.5, 0.6) is 0 Å². The van der Waals surface area contributed by atoms with Crippen LogP contribution in [0.15, 0.2) is 10.6 Å². The maximum Gasteiger partial charge on any atom is 0.328 e. The molecule has 1 aliphatic carbocycles. The quantitative estimate of drug-likeness (QED) is 0.761. The van der Waals surface area contributed by atoms with E-state index < -0.39 is 17.9 Å². The van der Waals surface area contributed by atoms with E-state index in [9.17, 15) is 9.59 Å². The molecule has 2 N–H and O–H groups in total. The normalized spacial score (nSPS) is 16.3. The average molecular weight is 254 g/mol. The number of aliphatic carboxylic acids is 1. The van der Waals surface area contributed by atoms with E-state index in [0.29, 0.717) is 11.7 Å². The summed E-state index contributed by atoms with van der Waals surface area (Å²) >= 11 is 0. The lowest BCUT2D eigenvalue weighted by atomic mass is 10.2. The second kappa shape index (κ2) is 5.18. The number of amides is 1. The summed E-state index contributed by atoms with van der Waals surface area (Å²) in [6.07, 6.45) is 2.08. The maximum atomic E-state index is 11.7. The van der Waals surface area contributed by atoms with Gasteiger partial charge < -0.3 is 19.7 Å². The molecule has 98 valence electrons. The fraction of sp³-hybridized carbons (Fsp3) is 0.545. The van der Waals surface area contributed by atoms with Crippen LogP contribution in [0.2, 0.25) is 0 Å². The highest BCUT2D eigenvalue weighted by molar-refractivity contribution is 5.94. The summed E-state index contributed by atoms with van der Waals surface area (Å²) in [5.41, 5.74) is 0.0965. The largest absolute Gasteiger partial charge is 0.480 e. The molecule has 1 amide bonds. The van der Waals surface area contributed by atoms with Gasteiger partial charge in [0.05, 0.1) is 6.61 Å². The molecular formula is C11H14N2O5. The van der Waals surface area contributed by atoms with Crippen molar-refractivity contribution in [2.24, 2.45) is 0 Å². The number of aromatic nitrogens is 1. The summed E-state index contributed by atoms with van der Waals surface area (Å²) in [6.45, 7) is -0.103. The molecule has 1 heterocycles. The SMILES string of the molecule is COCC(NC(=O)c1cc(C2CC2)on1)C(=O)O. The van der Waals surface area contributed by atoms with Crippen LogP contribution in [0.1, 0.15) is 35.0 Å². The van der Waals surface area contributed by atoms with Gasteiger partial charge in [-0.2, -0.15) is 0 Å². The first-order valence-corrected chi connectivity index (χ1v) is 5.61. The summed E-state index contributed by atoms with van der Waals surface area (Å²) < 4.78 is 9.74. The zero-order valence-electron chi connectivity index (χ0n) is 9.88. The first-order valence-electron chi connectivity index (χ1n) is 5.61. The molecule has 0 saturated heterocycles. The van der Waals surface area contributed by atoms with Crippen molar-refractivity contribution in [3.8, 4) is 0 Å². The summed E-state index contributed by atoms with van der Waals surface area (Å²) in [5, 5.41) is 14.8. The van der Waals surface area contributed by atoms with Crippen LogP contribution in [0.4, 0.5) is 0 Å². The zero-order valence-corrected chi connectivity index (χ0v) is 9.88. The second-order valence-corrected chi connectivity index (χ2v) is 4.21. The molecule has 0 bridgehead atoms. The summed E-state index contributed by atoms with van der Waals surface area (Å²) in [7, 11) is 1.36. The molecule has 1 saturated carbocycles. The zero-order chi connectivity index (χ0) is 13.1. The molecular weight excluding hydrogens is 240 g/mol. The number of methoxy groups -OCH3 is 1. The summed E-state index contributed by atoms with van der Waals surface area (Å²) in [4.78, 5) is 22.6. The Morgan fingerprint density at radius 2 is 2.39 bits per heavy atom. The lowest BCUT2D eigenvalue weighted by Gasteiger charge is -2.11. The molecule has 1 aliphatic rings. The van der Waals surface area contributed by atoms with Crippen LogP contribution in [0.25, 0.3) is 0 Å². The van der Waals surface area contributed by atoms with E-state index in [1.807, 2.05) is 0 Å². The van der Waals surface area contributed by atoms with Crippen molar-refractivity contribution >= 4 is 11.9 Å². The van der Waals surface area contributed by atoms with Crippen molar-refractivity contribution in [3.05, 3.63) is 17.5 Å². The molecule has 1 aromatic heterocycles. The lowest BCUT2D eigenvalue weighted by Crippen LogP contribution is -2.43. The maximum absolute atomic E-state index is 11.7. The van der Waals surface area contributed by atoms with E-state index in [0.717, 1.165) is 12.8 Å². The van der Waals surface area contributed by atoms with E-state index in [1.165, 1.54) is 7.11 Å². The number of carboxylic acids is 1. The molecule has 1 atom stereocenters.